The molecule has 0 unspecified atom stereocenters. The summed E-state index contributed by atoms with van der Waals surface area (Å²) in [5.74, 6) is 1.84. The van der Waals surface area contributed by atoms with Gasteiger partial charge in [0, 0.05) is 6.07 Å². The monoisotopic (exact) mass is 310 g/mol. The lowest BCUT2D eigenvalue weighted by atomic mass is 10.3. The molecule has 0 bridgehead atoms. The highest BCUT2D eigenvalue weighted by molar-refractivity contribution is 14.1. The highest BCUT2D eigenvalue weighted by atomic mass is 127. The highest BCUT2D eigenvalue weighted by Gasteiger charge is 2.06. The Labute approximate surface area is 96.7 Å². The normalized spacial score (nSPS) is 9.64. The Morgan fingerprint density at radius 2 is 2.07 bits per heavy atom. The Kier molecular flexibility index (Phi) is 4.81. The number of methoxy groups -OCH3 is 1. The average Bonchev–Trinajstić information content (AvgIpc) is 2.21. The van der Waals surface area contributed by atoms with E-state index >= 15 is 0 Å². The van der Waals surface area contributed by atoms with Crippen molar-refractivity contribution in [3.63, 3.8) is 0 Å². The molecule has 1 rings (SSSR count). The molecule has 5 heteroatoms. The first-order valence-corrected chi connectivity index (χ1v) is 4.96. The number of hydrogen-bond donors (Lipinski definition) is 0. The minimum atomic E-state index is 0.519. The van der Waals surface area contributed by atoms with E-state index in [9.17, 15) is 0 Å². The van der Waals surface area contributed by atoms with Crippen molar-refractivity contribution >= 4 is 23.0 Å². The fourth-order valence-corrected chi connectivity index (χ4v) is 1.20. The van der Waals surface area contributed by atoms with Gasteiger partial charge in [0.15, 0.2) is 28.8 Å². The smallest absolute Gasteiger partial charge is 0.208 e. The van der Waals surface area contributed by atoms with Gasteiger partial charge in [0.2, 0.25) is 5.75 Å². The van der Waals surface area contributed by atoms with Gasteiger partial charge in [-0.25, -0.2) is 0 Å². The molecule has 78 valence electrons. The minimum Gasteiger partial charge on any atom is -0.494 e. The number of hydrogen-bond acceptors (Lipinski definition) is 4. The summed E-state index contributed by atoms with van der Waals surface area (Å²) in [7, 11) is 1.56. The van der Waals surface area contributed by atoms with Crippen LogP contribution in [0.4, 0.5) is 0 Å². The van der Waals surface area contributed by atoms with E-state index in [0.29, 0.717) is 18.1 Å². The lowest BCUT2D eigenvalue weighted by molar-refractivity contribution is -0.0494. The fraction of sp³-hybridized carbons (Fsp3) is 0.333. The van der Waals surface area contributed by atoms with Crippen molar-refractivity contribution in [3.8, 4) is 17.2 Å². The van der Waals surface area contributed by atoms with Gasteiger partial charge in [-0.05, 0) is 19.1 Å². The summed E-state index contributed by atoms with van der Waals surface area (Å²) in [4.78, 5) is 4.87. The average molecular weight is 310 g/mol. The zero-order chi connectivity index (χ0) is 10.4. The molecule has 0 saturated carbocycles. The second-order valence-electron chi connectivity index (χ2n) is 2.39. The van der Waals surface area contributed by atoms with Crippen molar-refractivity contribution in [2.24, 2.45) is 0 Å². The largest absolute Gasteiger partial charge is 0.494 e. The molecule has 4 nitrogen and oxygen atoms in total. The number of ether oxygens (including phenoxy) is 2. The summed E-state index contributed by atoms with van der Waals surface area (Å²) in [6.45, 7) is 2.54. The maximum absolute atomic E-state index is 5.30. The molecule has 1 aromatic carbocycles. The van der Waals surface area contributed by atoms with Crippen LogP contribution in [0.15, 0.2) is 18.2 Å². The molecule has 1 aromatic rings. The van der Waals surface area contributed by atoms with Crippen LogP contribution in [0.2, 0.25) is 0 Å². The van der Waals surface area contributed by atoms with Crippen LogP contribution >= 0.6 is 23.0 Å². The lowest BCUT2D eigenvalue weighted by Gasteiger charge is -2.08. The number of benzene rings is 1. The predicted molar refractivity (Wildman–Crippen MR) is 59.9 cm³/mol. The molecule has 0 atom stereocenters. The zero-order valence-corrected chi connectivity index (χ0v) is 10.1. The van der Waals surface area contributed by atoms with E-state index in [4.69, 9.17) is 14.4 Å². The first-order chi connectivity index (χ1) is 6.81. The molecule has 0 aliphatic rings. The molecule has 14 heavy (non-hydrogen) atoms. The Morgan fingerprint density at radius 1 is 1.29 bits per heavy atom. The third kappa shape index (κ3) is 2.91. The van der Waals surface area contributed by atoms with Crippen molar-refractivity contribution < 1.29 is 17.6 Å². The van der Waals surface area contributed by atoms with Crippen molar-refractivity contribution in [3.05, 3.63) is 18.2 Å². The minimum absolute atomic E-state index is 0.519. The van der Waals surface area contributed by atoms with Gasteiger partial charge in [-0.15, -0.1) is 3.22 Å². The molecule has 0 aromatic heterocycles. The summed E-state index contributed by atoms with van der Waals surface area (Å²) < 4.78 is 14.9. The topological polar surface area (TPSA) is 36.9 Å². The standard InChI is InChI=1S/C9H11IO4/c1-3-12-7-4-5-8(13-14-10)9(6-7)11-2/h4-6H,3H2,1-2H3. The van der Waals surface area contributed by atoms with Crippen LogP contribution in [0.3, 0.4) is 0 Å². The Hall–Kier alpha value is -0.690. The molecule has 0 spiro atoms. The van der Waals surface area contributed by atoms with Crippen LogP contribution < -0.4 is 14.4 Å². The quantitative estimate of drug-likeness (QED) is 0.476. The molecule has 0 aliphatic carbocycles. The van der Waals surface area contributed by atoms with E-state index in [1.54, 1.807) is 48.3 Å². The van der Waals surface area contributed by atoms with Crippen LogP contribution in [0.5, 0.6) is 17.2 Å². The Morgan fingerprint density at radius 3 is 2.64 bits per heavy atom. The molecular formula is C9H11IO4. The van der Waals surface area contributed by atoms with Gasteiger partial charge in [-0.2, -0.15) is 0 Å². The van der Waals surface area contributed by atoms with E-state index in [2.05, 4.69) is 3.22 Å². The molecule has 0 radical (unpaired) electrons. The van der Waals surface area contributed by atoms with Crippen molar-refractivity contribution in [1.29, 1.82) is 0 Å². The first kappa shape index (κ1) is 11.4. The van der Waals surface area contributed by atoms with Crippen LogP contribution in [-0.4, -0.2) is 13.7 Å². The summed E-state index contributed by atoms with van der Waals surface area (Å²) in [6, 6.07) is 5.26. The summed E-state index contributed by atoms with van der Waals surface area (Å²) >= 11 is 1.64. The van der Waals surface area contributed by atoms with Gasteiger partial charge in [0.25, 0.3) is 0 Å². The van der Waals surface area contributed by atoms with Crippen LogP contribution in [-0.2, 0) is 3.22 Å². The molecule has 0 heterocycles. The van der Waals surface area contributed by atoms with Crippen LogP contribution in [0.1, 0.15) is 6.92 Å². The Balaban J connectivity index is 2.87. The Bertz CT molecular complexity index is 290. The zero-order valence-electron chi connectivity index (χ0n) is 7.95. The van der Waals surface area contributed by atoms with Crippen LogP contribution in [0.25, 0.3) is 0 Å². The predicted octanol–water partition coefficient (Wildman–Crippen LogP) is 2.75. The molecule has 0 N–H and O–H groups in total. The summed E-state index contributed by atoms with van der Waals surface area (Å²) in [5.41, 5.74) is 0. The summed E-state index contributed by atoms with van der Waals surface area (Å²) in [6.07, 6.45) is 0. The lowest BCUT2D eigenvalue weighted by Crippen LogP contribution is -1.95. The highest BCUT2D eigenvalue weighted by Crippen LogP contribution is 2.31. The van der Waals surface area contributed by atoms with Gasteiger partial charge in [-0.1, -0.05) is 0 Å². The number of halogens is 1. The van der Waals surface area contributed by atoms with Gasteiger partial charge in [0.1, 0.15) is 5.75 Å². The van der Waals surface area contributed by atoms with Crippen molar-refractivity contribution in [1.82, 2.24) is 0 Å². The van der Waals surface area contributed by atoms with Gasteiger partial charge >= 0.3 is 0 Å². The third-order valence-corrected chi connectivity index (χ3v) is 1.75. The molecule has 0 amide bonds. The van der Waals surface area contributed by atoms with Gasteiger partial charge < -0.3 is 14.4 Å². The molecular weight excluding hydrogens is 299 g/mol. The second-order valence-corrected chi connectivity index (χ2v) is 2.75. The maximum Gasteiger partial charge on any atom is 0.208 e. The van der Waals surface area contributed by atoms with E-state index in [1.807, 2.05) is 6.92 Å². The molecule has 0 fully saturated rings. The third-order valence-electron chi connectivity index (χ3n) is 1.57. The van der Waals surface area contributed by atoms with Gasteiger partial charge in [-0.3, -0.25) is 0 Å². The van der Waals surface area contributed by atoms with E-state index in [-0.39, 0.29) is 0 Å². The van der Waals surface area contributed by atoms with E-state index in [1.165, 1.54) is 0 Å². The fourth-order valence-electron chi connectivity index (χ4n) is 1.01. The molecule has 0 aliphatic heterocycles. The van der Waals surface area contributed by atoms with Crippen molar-refractivity contribution in [2.75, 3.05) is 13.7 Å². The maximum atomic E-state index is 5.30. The van der Waals surface area contributed by atoms with Gasteiger partial charge in [0.05, 0.1) is 13.7 Å². The SMILES string of the molecule is CCOc1ccc(OOI)c(OC)c1. The van der Waals surface area contributed by atoms with Crippen molar-refractivity contribution in [2.45, 2.75) is 6.92 Å². The summed E-state index contributed by atoms with van der Waals surface area (Å²) in [5, 5.41) is 0. The van der Waals surface area contributed by atoms with E-state index in [0.717, 1.165) is 5.75 Å². The second kappa shape index (κ2) is 5.92. The molecule has 0 saturated heterocycles. The first-order valence-electron chi connectivity index (χ1n) is 4.08. The van der Waals surface area contributed by atoms with Crippen LogP contribution in [0, 0.1) is 0 Å². The van der Waals surface area contributed by atoms with E-state index < -0.39 is 0 Å². The number of rotatable bonds is 5.